The second-order valence-corrected chi connectivity index (χ2v) is 12.7. The lowest BCUT2D eigenvalue weighted by atomic mass is 10.1. The fourth-order valence-electron chi connectivity index (χ4n) is 4.91. The number of para-hydroxylation sites is 1. The van der Waals surface area contributed by atoms with E-state index < -0.39 is 53.1 Å². The molecular formula is C29H42N10O8S. The molecule has 4 aromatic rings. The molecule has 1 aromatic carbocycles. The van der Waals surface area contributed by atoms with Gasteiger partial charge in [0, 0.05) is 0 Å². The van der Waals surface area contributed by atoms with E-state index >= 15 is 0 Å². The Hall–Kier alpha value is -4.27. The number of benzene rings is 1. The van der Waals surface area contributed by atoms with Crippen molar-refractivity contribution in [3.8, 4) is 11.7 Å². The van der Waals surface area contributed by atoms with E-state index in [-0.39, 0.29) is 28.5 Å². The number of nitrogens with zero attached hydrogens (tertiary/aromatic N) is 8. The third-order valence-corrected chi connectivity index (χ3v) is 8.39. The molecule has 1 saturated heterocycles. The average molecular weight is 691 g/mol. The molecule has 0 unspecified atom stereocenters. The molecule has 1 fully saturated rings. The minimum Gasteiger partial charge on any atom is -0.507 e. The summed E-state index contributed by atoms with van der Waals surface area (Å²) in [7, 11) is -4.68. The van der Waals surface area contributed by atoms with Gasteiger partial charge in [0.1, 0.15) is 29.6 Å². The molecule has 18 nitrogen and oxygen atoms in total. The molecule has 6 N–H and O–H groups in total. The summed E-state index contributed by atoms with van der Waals surface area (Å²) in [6.45, 7) is 13.4. The SMILES string of the molecule is CC(C)Cc1cn(-c2nc(N)c3ncn([C@@H]4O[C@H](COS(=O)(=O)NC(=O)c5ccccc5O)[C@@H](O)[C@H]4O)c3n2)nn1.CCN(CC)CC. The smallest absolute Gasteiger partial charge is 0.362 e. The Morgan fingerprint density at radius 2 is 1.81 bits per heavy atom. The maximum Gasteiger partial charge on any atom is 0.362 e. The van der Waals surface area contributed by atoms with Crippen LogP contribution in [0.1, 0.15) is 56.9 Å². The molecule has 4 atom stereocenters. The number of carbonyl (C=O) groups excluding carboxylic acids is 1. The Labute approximate surface area is 277 Å². The molecule has 19 heteroatoms. The Morgan fingerprint density at radius 1 is 1.12 bits per heavy atom. The van der Waals surface area contributed by atoms with Crippen LogP contribution in [0.3, 0.4) is 0 Å². The molecule has 0 aliphatic carbocycles. The Morgan fingerprint density at radius 3 is 2.44 bits per heavy atom. The second kappa shape index (κ2) is 15.8. The average Bonchev–Trinajstić information content (AvgIpc) is 3.75. The maximum atomic E-state index is 12.3. The lowest BCUT2D eigenvalue weighted by molar-refractivity contribution is -0.0468. The number of rotatable bonds is 12. The number of aliphatic hydroxyl groups excluding tert-OH is 2. The number of ether oxygens (including phenoxy) is 1. The molecule has 3 aromatic heterocycles. The van der Waals surface area contributed by atoms with Gasteiger partial charge in [-0.15, -0.1) is 5.10 Å². The Bertz CT molecular complexity index is 1790. The van der Waals surface area contributed by atoms with E-state index in [1.165, 1.54) is 59.5 Å². The van der Waals surface area contributed by atoms with Gasteiger partial charge in [0.2, 0.25) is 0 Å². The number of hydrogen-bond acceptors (Lipinski definition) is 15. The van der Waals surface area contributed by atoms with Crippen LogP contribution < -0.4 is 10.5 Å². The molecule has 1 aliphatic rings. The van der Waals surface area contributed by atoms with Gasteiger partial charge in [-0.1, -0.05) is 52.0 Å². The zero-order valence-corrected chi connectivity index (χ0v) is 28.1. The van der Waals surface area contributed by atoms with Crippen molar-refractivity contribution in [1.29, 1.82) is 0 Å². The number of phenolic OH excluding ortho intramolecular Hbond substituents is 1. The number of imidazole rings is 1. The third-order valence-electron chi connectivity index (χ3n) is 7.51. The van der Waals surface area contributed by atoms with Gasteiger partial charge in [-0.25, -0.2) is 9.71 Å². The highest BCUT2D eigenvalue weighted by molar-refractivity contribution is 7.85. The summed E-state index contributed by atoms with van der Waals surface area (Å²) in [5.74, 6) is -1.11. The number of carbonyl (C=O) groups is 1. The molecule has 1 aliphatic heterocycles. The summed E-state index contributed by atoms with van der Waals surface area (Å²) in [5.41, 5.74) is 6.86. The van der Waals surface area contributed by atoms with Gasteiger partial charge in [0.05, 0.1) is 30.4 Å². The van der Waals surface area contributed by atoms with E-state index in [2.05, 4.69) is 50.9 Å². The van der Waals surface area contributed by atoms with Gasteiger partial charge in [0.25, 0.3) is 11.9 Å². The van der Waals surface area contributed by atoms with Crippen LogP contribution >= 0.6 is 0 Å². The predicted octanol–water partition coefficient (Wildman–Crippen LogP) is 0.552. The van der Waals surface area contributed by atoms with Crippen molar-refractivity contribution >= 4 is 33.2 Å². The zero-order valence-electron chi connectivity index (χ0n) is 27.3. The second-order valence-electron chi connectivity index (χ2n) is 11.3. The molecule has 1 amide bonds. The van der Waals surface area contributed by atoms with Gasteiger partial charge >= 0.3 is 10.3 Å². The van der Waals surface area contributed by atoms with Crippen molar-refractivity contribution < 1.29 is 37.5 Å². The number of hydrogen-bond donors (Lipinski definition) is 5. The van der Waals surface area contributed by atoms with Gasteiger partial charge in [-0.3, -0.25) is 13.5 Å². The molecule has 5 rings (SSSR count). The molecular weight excluding hydrogens is 648 g/mol. The zero-order chi connectivity index (χ0) is 35.2. The summed E-state index contributed by atoms with van der Waals surface area (Å²) in [5, 5.41) is 39.2. The van der Waals surface area contributed by atoms with E-state index in [4.69, 9.17) is 14.7 Å². The van der Waals surface area contributed by atoms with Crippen LogP contribution in [0.15, 0.2) is 36.8 Å². The van der Waals surface area contributed by atoms with E-state index in [1.807, 2.05) is 13.8 Å². The molecule has 0 radical (unpaired) electrons. The number of aliphatic hydroxyl groups is 2. The first kappa shape index (κ1) is 36.6. The first-order chi connectivity index (χ1) is 22.8. The molecule has 48 heavy (non-hydrogen) atoms. The predicted molar refractivity (Wildman–Crippen MR) is 173 cm³/mol. The minimum absolute atomic E-state index is 0.0175. The van der Waals surface area contributed by atoms with Crippen LogP contribution in [0.2, 0.25) is 0 Å². The number of nitrogen functional groups attached to an aromatic ring is 1. The number of anilines is 1. The molecule has 0 spiro atoms. The van der Waals surface area contributed by atoms with Crippen molar-refractivity contribution in [1.82, 2.24) is 44.1 Å². The van der Waals surface area contributed by atoms with Crippen LogP contribution in [-0.2, 0) is 25.6 Å². The third kappa shape index (κ3) is 8.60. The van der Waals surface area contributed by atoms with Crippen molar-refractivity contribution in [3.63, 3.8) is 0 Å². The van der Waals surface area contributed by atoms with Crippen LogP contribution in [-0.4, -0.2) is 114 Å². The maximum absolute atomic E-state index is 12.3. The largest absolute Gasteiger partial charge is 0.507 e. The number of aromatic nitrogens is 7. The van der Waals surface area contributed by atoms with Gasteiger partial charge < -0.3 is 30.7 Å². The number of fused-ring (bicyclic) bond motifs is 1. The van der Waals surface area contributed by atoms with E-state index in [0.717, 1.165) is 5.69 Å². The van der Waals surface area contributed by atoms with Crippen LogP contribution in [0.5, 0.6) is 5.75 Å². The van der Waals surface area contributed by atoms with Crippen LogP contribution in [0.4, 0.5) is 5.82 Å². The van der Waals surface area contributed by atoms with Crippen molar-refractivity contribution in [2.75, 3.05) is 32.0 Å². The minimum atomic E-state index is -4.68. The molecule has 4 heterocycles. The van der Waals surface area contributed by atoms with Gasteiger partial charge in [-0.05, 0) is 44.1 Å². The number of amides is 1. The quantitative estimate of drug-likeness (QED) is 0.136. The van der Waals surface area contributed by atoms with Crippen molar-refractivity contribution in [2.24, 2.45) is 5.92 Å². The fourth-order valence-corrected chi connectivity index (χ4v) is 5.62. The van der Waals surface area contributed by atoms with Gasteiger partial charge in [0.15, 0.2) is 17.7 Å². The summed E-state index contributed by atoms with van der Waals surface area (Å²) in [4.78, 5) is 27.5. The number of phenols is 1. The fraction of sp³-hybridized carbons (Fsp3) is 0.517. The highest BCUT2D eigenvalue weighted by Crippen LogP contribution is 2.32. The summed E-state index contributed by atoms with van der Waals surface area (Å²) < 4.78 is 39.5. The van der Waals surface area contributed by atoms with Crippen LogP contribution in [0, 0.1) is 5.92 Å². The first-order valence-electron chi connectivity index (χ1n) is 15.4. The number of nitrogens with one attached hydrogen (secondary N) is 1. The number of aromatic hydroxyl groups is 1. The lowest BCUT2D eigenvalue weighted by Gasteiger charge is -2.16. The summed E-state index contributed by atoms with van der Waals surface area (Å²) in [6.07, 6.45) is -2.12. The van der Waals surface area contributed by atoms with E-state index in [9.17, 15) is 28.5 Å². The Balaban J connectivity index is 0.000000671. The van der Waals surface area contributed by atoms with Crippen molar-refractivity contribution in [2.45, 2.75) is 65.6 Å². The summed E-state index contributed by atoms with van der Waals surface area (Å²) in [6, 6.07) is 5.32. The standard InChI is InChI=1S/C23H27N9O8S.C6H15N/c1-11(2)7-12-8-32(30-28-12)23-26-19(24)16-20(27-23)31(10-25-16)22-18(35)17(34)15(40-22)9-39-41(37,38)29-21(36)13-5-3-4-6-14(13)33;1-4-7(5-2)6-3/h3-6,8,10-11,15,17-18,22,33-35H,7,9H2,1-2H3,(H,29,36)(H2,24,26,27);4-6H2,1-3H3/t15-,17-,18-,22-;/m1./s1. The summed E-state index contributed by atoms with van der Waals surface area (Å²) >= 11 is 0. The Kier molecular flexibility index (Phi) is 12.0. The van der Waals surface area contributed by atoms with Crippen molar-refractivity contribution in [3.05, 3.63) is 48.0 Å². The molecule has 0 bridgehead atoms. The normalized spacial score (nSPS) is 19.5. The monoisotopic (exact) mass is 690 g/mol. The lowest BCUT2D eigenvalue weighted by Crippen LogP contribution is -2.37. The highest BCUT2D eigenvalue weighted by Gasteiger charge is 2.45. The number of nitrogens with two attached hydrogens (primary N) is 1. The topological polar surface area (TPSA) is 246 Å². The van der Waals surface area contributed by atoms with Gasteiger partial charge in [-0.2, -0.15) is 23.1 Å². The molecule has 262 valence electrons. The van der Waals surface area contributed by atoms with Crippen LogP contribution in [0.25, 0.3) is 17.1 Å². The highest BCUT2D eigenvalue weighted by atomic mass is 32.2. The first-order valence-corrected chi connectivity index (χ1v) is 16.8. The van der Waals surface area contributed by atoms with E-state index in [1.54, 1.807) is 10.9 Å². The van der Waals surface area contributed by atoms with E-state index in [0.29, 0.717) is 12.3 Å². The molecule has 0 saturated carbocycles.